The SMILES string of the molecule is CC(C)CCN(C(=O)C(N)c1cccs1)C1CCCC1. The Labute approximate surface area is 126 Å². The molecule has 112 valence electrons. The highest BCUT2D eigenvalue weighted by molar-refractivity contribution is 7.10. The van der Waals surface area contributed by atoms with Gasteiger partial charge in [-0.2, -0.15) is 0 Å². The molecule has 1 saturated carbocycles. The van der Waals surface area contributed by atoms with Crippen molar-refractivity contribution in [3.63, 3.8) is 0 Å². The maximum absolute atomic E-state index is 12.7. The third-order valence-corrected chi connectivity index (χ3v) is 5.07. The summed E-state index contributed by atoms with van der Waals surface area (Å²) in [4.78, 5) is 15.8. The van der Waals surface area contributed by atoms with Crippen LogP contribution in [0.3, 0.4) is 0 Å². The van der Waals surface area contributed by atoms with Gasteiger partial charge in [-0.25, -0.2) is 0 Å². The van der Waals surface area contributed by atoms with Crippen LogP contribution in [0.15, 0.2) is 17.5 Å². The lowest BCUT2D eigenvalue weighted by Gasteiger charge is -2.31. The Kier molecular flexibility index (Phi) is 5.61. The van der Waals surface area contributed by atoms with Crippen molar-refractivity contribution in [1.82, 2.24) is 4.90 Å². The fourth-order valence-electron chi connectivity index (χ4n) is 2.85. The van der Waals surface area contributed by atoms with Crippen LogP contribution in [0.25, 0.3) is 0 Å². The van der Waals surface area contributed by atoms with Crippen LogP contribution in [0.4, 0.5) is 0 Å². The fourth-order valence-corrected chi connectivity index (χ4v) is 3.57. The van der Waals surface area contributed by atoms with Crippen molar-refractivity contribution in [2.24, 2.45) is 11.7 Å². The fraction of sp³-hybridized carbons (Fsp3) is 0.688. The molecular formula is C16H26N2OS. The van der Waals surface area contributed by atoms with Gasteiger partial charge in [-0.15, -0.1) is 11.3 Å². The van der Waals surface area contributed by atoms with Crippen LogP contribution in [-0.2, 0) is 4.79 Å². The van der Waals surface area contributed by atoms with Crippen LogP contribution in [0.1, 0.15) is 56.9 Å². The molecule has 1 aliphatic rings. The first-order chi connectivity index (χ1) is 9.59. The molecule has 1 atom stereocenters. The predicted molar refractivity (Wildman–Crippen MR) is 84.7 cm³/mol. The van der Waals surface area contributed by atoms with Gasteiger partial charge < -0.3 is 10.6 Å². The molecule has 1 aromatic rings. The Morgan fingerprint density at radius 2 is 2.15 bits per heavy atom. The van der Waals surface area contributed by atoms with Crippen molar-refractivity contribution in [3.05, 3.63) is 22.4 Å². The first kappa shape index (κ1) is 15.5. The molecule has 0 bridgehead atoms. The number of nitrogens with zero attached hydrogens (tertiary/aromatic N) is 1. The van der Waals surface area contributed by atoms with E-state index in [1.807, 2.05) is 17.5 Å². The Morgan fingerprint density at radius 1 is 1.45 bits per heavy atom. The average molecular weight is 294 g/mol. The van der Waals surface area contributed by atoms with E-state index in [1.165, 1.54) is 12.8 Å². The van der Waals surface area contributed by atoms with E-state index in [2.05, 4.69) is 18.7 Å². The number of thiophene rings is 1. The number of carbonyl (C=O) groups is 1. The molecule has 1 fully saturated rings. The molecule has 1 unspecified atom stereocenters. The standard InChI is InChI=1S/C16H26N2OS/c1-12(2)9-10-18(13-6-3-4-7-13)16(19)15(17)14-8-5-11-20-14/h5,8,11-13,15H,3-4,6-7,9-10,17H2,1-2H3. The number of nitrogens with two attached hydrogens (primary N) is 1. The lowest BCUT2D eigenvalue weighted by Crippen LogP contribution is -2.44. The van der Waals surface area contributed by atoms with E-state index in [4.69, 9.17) is 5.73 Å². The van der Waals surface area contributed by atoms with Crippen molar-refractivity contribution in [1.29, 1.82) is 0 Å². The van der Waals surface area contributed by atoms with Gasteiger partial charge in [0.05, 0.1) is 0 Å². The van der Waals surface area contributed by atoms with Crippen LogP contribution < -0.4 is 5.73 Å². The second-order valence-electron chi connectivity index (χ2n) is 6.15. The smallest absolute Gasteiger partial charge is 0.245 e. The first-order valence-corrected chi connectivity index (χ1v) is 8.57. The van der Waals surface area contributed by atoms with Crippen molar-refractivity contribution >= 4 is 17.2 Å². The van der Waals surface area contributed by atoms with Crippen LogP contribution in [0.2, 0.25) is 0 Å². The number of hydrogen-bond acceptors (Lipinski definition) is 3. The van der Waals surface area contributed by atoms with Crippen LogP contribution >= 0.6 is 11.3 Å². The molecule has 2 N–H and O–H groups in total. The Bertz CT molecular complexity index is 410. The summed E-state index contributed by atoms with van der Waals surface area (Å²) in [6, 6.07) is 3.85. The molecule has 0 saturated heterocycles. The minimum Gasteiger partial charge on any atom is -0.338 e. The minimum absolute atomic E-state index is 0.111. The molecule has 1 heterocycles. The van der Waals surface area contributed by atoms with E-state index < -0.39 is 6.04 Å². The summed E-state index contributed by atoms with van der Waals surface area (Å²) in [5.74, 6) is 0.727. The predicted octanol–water partition coefficient (Wildman–Crippen LogP) is 3.57. The van der Waals surface area contributed by atoms with Gasteiger partial charge in [0.15, 0.2) is 0 Å². The van der Waals surface area contributed by atoms with Gasteiger partial charge in [-0.05, 0) is 36.6 Å². The molecule has 0 radical (unpaired) electrons. The van der Waals surface area contributed by atoms with Crippen molar-refractivity contribution in [2.45, 2.75) is 58.0 Å². The molecule has 2 rings (SSSR count). The Morgan fingerprint density at radius 3 is 2.70 bits per heavy atom. The van der Waals surface area contributed by atoms with E-state index in [-0.39, 0.29) is 5.91 Å². The monoisotopic (exact) mass is 294 g/mol. The number of carbonyl (C=O) groups excluding carboxylic acids is 1. The molecule has 1 amide bonds. The minimum atomic E-state index is -0.484. The Balaban J connectivity index is 2.06. The summed E-state index contributed by atoms with van der Waals surface area (Å²) in [5.41, 5.74) is 6.18. The zero-order valence-corrected chi connectivity index (χ0v) is 13.4. The molecule has 0 aliphatic heterocycles. The summed E-state index contributed by atoms with van der Waals surface area (Å²) >= 11 is 1.57. The molecule has 0 spiro atoms. The zero-order chi connectivity index (χ0) is 14.5. The average Bonchev–Trinajstić information content (AvgIpc) is 3.10. The maximum Gasteiger partial charge on any atom is 0.245 e. The zero-order valence-electron chi connectivity index (χ0n) is 12.5. The molecule has 3 nitrogen and oxygen atoms in total. The molecular weight excluding hydrogens is 268 g/mol. The van der Waals surface area contributed by atoms with Crippen molar-refractivity contribution in [2.75, 3.05) is 6.54 Å². The summed E-state index contributed by atoms with van der Waals surface area (Å²) < 4.78 is 0. The van der Waals surface area contributed by atoms with Gasteiger partial charge in [-0.3, -0.25) is 4.79 Å². The van der Waals surface area contributed by atoms with Gasteiger partial charge in [0.2, 0.25) is 5.91 Å². The summed E-state index contributed by atoms with van der Waals surface area (Å²) in [6.45, 7) is 5.26. The van der Waals surface area contributed by atoms with Crippen LogP contribution in [-0.4, -0.2) is 23.4 Å². The van der Waals surface area contributed by atoms with Gasteiger partial charge in [-0.1, -0.05) is 32.8 Å². The van der Waals surface area contributed by atoms with E-state index in [0.717, 1.165) is 30.7 Å². The molecule has 4 heteroatoms. The quantitative estimate of drug-likeness (QED) is 0.872. The van der Waals surface area contributed by atoms with Crippen molar-refractivity contribution in [3.8, 4) is 0 Å². The second kappa shape index (κ2) is 7.23. The van der Waals surface area contributed by atoms with Crippen LogP contribution in [0, 0.1) is 5.92 Å². The highest BCUT2D eigenvalue weighted by atomic mass is 32.1. The molecule has 1 aliphatic carbocycles. The van der Waals surface area contributed by atoms with Gasteiger partial charge in [0.25, 0.3) is 0 Å². The molecule has 1 aromatic heterocycles. The van der Waals surface area contributed by atoms with E-state index in [0.29, 0.717) is 12.0 Å². The summed E-state index contributed by atoms with van der Waals surface area (Å²) in [6.07, 6.45) is 5.82. The normalized spacial score (nSPS) is 17.6. The summed E-state index contributed by atoms with van der Waals surface area (Å²) in [5, 5.41) is 1.98. The molecule has 0 aromatic carbocycles. The number of hydrogen-bond donors (Lipinski definition) is 1. The maximum atomic E-state index is 12.7. The third-order valence-electron chi connectivity index (χ3n) is 4.11. The Hall–Kier alpha value is -0.870. The van der Waals surface area contributed by atoms with Gasteiger partial charge in [0, 0.05) is 17.5 Å². The van der Waals surface area contributed by atoms with E-state index >= 15 is 0 Å². The summed E-state index contributed by atoms with van der Waals surface area (Å²) in [7, 11) is 0. The lowest BCUT2D eigenvalue weighted by atomic mass is 10.1. The second-order valence-corrected chi connectivity index (χ2v) is 7.12. The van der Waals surface area contributed by atoms with E-state index in [1.54, 1.807) is 11.3 Å². The molecule has 20 heavy (non-hydrogen) atoms. The number of amides is 1. The van der Waals surface area contributed by atoms with Crippen molar-refractivity contribution < 1.29 is 4.79 Å². The van der Waals surface area contributed by atoms with Gasteiger partial charge >= 0.3 is 0 Å². The number of rotatable bonds is 6. The highest BCUT2D eigenvalue weighted by Gasteiger charge is 2.30. The lowest BCUT2D eigenvalue weighted by molar-refractivity contribution is -0.135. The first-order valence-electron chi connectivity index (χ1n) is 7.69. The topological polar surface area (TPSA) is 46.3 Å². The largest absolute Gasteiger partial charge is 0.338 e. The van der Waals surface area contributed by atoms with Crippen LogP contribution in [0.5, 0.6) is 0 Å². The third kappa shape index (κ3) is 3.83. The van der Waals surface area contributed by atoms with Gasteiger partial charge in [0.1, 0.15) is 6.04 Å². The highest BCUT2D eigenvalue weighted by Crippen LogP contribution is 2.27. The van der Waals surface area contributed by atoms with E-state index in [9.17, 15) is 4.79 Å².